The molecular weight excluding hydrogens is 363 g/mol. The van der Waals surface area contributed by atoms with Crippen LogP contribution < -0.4 is 15.4 Å². The molecular formula is C21H23FN2O4. The van der Waals surface area contributed by atoms with E-state index in [1.54, 1.807) is 51.1 Å². The summed E-state index contributed by atoms with van der Waals surface area (Å²) in [7, 11) is 0. The van der Waals surface area contributed by atoms with Crippen LogP contribution in [-0.2, 0) is 4.74 Å². The van der Waals surface area contributed by atoms with Gasteiger partial charge >= 0.3 is 6.09 Å². The minimum atomic E-state index is -0.710. The van der Waals surface area contributed by atoms with E-state index < -0.39 is 23.4 Å². The molecule has 0 aromatic heterocycles. The first-order valence-corrected chi connectivity index (χ1v) is 8.62. The van der Waals surface area contributed by atoms with Crippen LogP contribution in [0.25, 0.3) is 0 Å². The van der Waals surface area contributed by atoms with Crippen LogP contribution in [0.3, 0.4) is 0 Å². The van der Waals surface area contributed by atoms with E-state index in [0.717, 1.165) is 6.07 Å². The summed E-state index contributed by atoms with van der Waals surface area (Å²) < 4.78 is 24.2. The smallest absolute Gasteiger partial charge is 0.412 e. The molecule has 0 spiro atoms. The van der Waals surface area contributed by atoms with Crippen molar-refractivity contribution in [1.82, 2.24) is 0 Å². The van der Waals surface area contributed by atoms with Gasteiger partial charge in [0, 0.05) is 5.56 Å². The van der Waals surface area contributed by atoms with Gasteiger partial charge in [-0.3, -0.25) is 10.1 Å². The third kappa shape index (κ3) is 6.42. The molecule has 0 fully saturated rings. The number of carbonyl (C=O) groups excluding carboxylic acids is 2. The van der Waals surface area contributed by atoms with Crippen molar-refractivity contribution < 1.29 is 23.5 Å². The summed E-state index contributed by atoms with van der Waals surface area (Å²) in [6, 6.07) is 10.1. The summed E-state index contributed by atoms with van der Waals surface area (Å²) in [6.07, 6.45) is 0.905. The minimum absolute atomic E-state index is 0.114. The predicted molar refractivity (Wildman–Crippen MR) is 106 cm³/mol. The van der Waals surface area contributed by atoms with Crippen LogP contribution in [0.15, 0.2) is 55.1 Å². The molecule has 2 amide bonds. The zero-order valence-corrected chi connectivity index (χ0v) is 16.0. The van der Waals surface area contributed by atoms with E-state index in [0.29, 0.717) is 17.9 Å². The molecule has 0 saturated carbocycles. The van der Waals surface area contributed by atoms with Gasteiger partial charge in [0.2, 0.25) is 0 Å². The number of nitrogens with one attached hydrogen (secondary N) is 2. The Morgan fingerprint density at radius 3 is 2.36 bits per heavy atom. The highest BCUT2D eigenvalue weighted by Crippen LogP contribution is 2.25. The van der Waals surface area contributed by atoms with Crippen molar-refractivity contribution in [2.75, 3.05) is 17.2 Å². The summed E-state index contributed by atoms with van der Waals surface area (Å²) in [4.78, 5) is 24.5. The van der Waals surface area contributed by atoms with Gasteiger partial charge in [-0.2, -0.15) is 0 Å². The maximum absolute atomic E-state index is 13.7. The van der Waals surface area contributed by atoms with Crippen LogP contribution >= 0.6 is 0 Å². The third-order valence-electron chi connectivity index (χ3n) is 3.35. The zero-order chi connectivity index (χ0) is 20.7. The predicted octanol–water partition coefficient (Wildman–Crippen LogP) is 4.99. The highest BCUT2D eigenvalue weighted by Gasteiger charge is 2.18. The Hall–Kier alpha value is -3.35. The minimum Gasteiger partial charge on any atom is -0.490 e. The fourth-order valence-corrected chi connectivity index (χ4v) is 2.19. The SMILES string of the molecule is C=CCOc1ccc(C(=O)Nc2cc(F)ccc2NC(=O)OC(C)(C)C)cc1. The lowest BCUT2D eigenvalue weighted by atomic mass is 10.2. The molecule has 0 aliphatic rings. The molecule has 7 heteroatoms. The lowest BCUT2D eigenvalue weighted by molar-refractivity contribution is 0.0635. The van der Waals surface area contributed by atoms with Crippen LogP contribution in [0.1, 0.15) is 31.1 Å². The maximum Gasteiger partial charge on any atom is 0.412 e. The number of hydrogen-bond acceptors (Lipinski definition) is 4. The van der Waals surface area contributed by atoms with Crippen molar-refractivity contribution in [3.63, 3.8) is 0 Å². The second-order valence-corrected chi connectivity index (χ2v) is 6.89. The molecule has 28 heavy (non-hydrogen) atoms. The van der Waals surface area contributed by atoms with Crippen LogP contribution in [-0.4, -0.2) is 24.2 Å². The van der Waals surface area contributed by atoms with E-state index in [4.69, 9.17) is 9.47 Å². The number of carbonyl (C=O) groups is 2. The summed E-state index contributed by atoms with van der Waals surface area (Å²) >= 11 is 0. The topological polar surface area (TPSA) is 76.7 Å². The van der Waals surface area contributed by atoms with Crippen molar-refractivity contribution in [2.24, 2.45) is 0 Å². The summed E-state index contributed by atoms with van der Waals surface area (Å²) in [5.74, 6) is -0.430. The van der Waals surface area contributed by atoms with E-state index in [1.165, 1.54) is 12.1 Å². The summed E-state index contributed by atoms with van der Waals surface area (Å²) in [5, 5.41) is 5.10. The third-order valence-corrected chi connectivity index (χ3v) is 3.35. The molecule has 0 atom stereocenters. The Balaban J connectivity index is 2.13. The van der Waals surface area contributed by atoms with Gasteiger partial charge in [-0.1, -0.05) is 12.7 Å². The van der Waals surface area contributed by atoms with Crippen molar-refractivity contribution >= 4 is 23.4 Å². The molecule has 2 N–H and O–H groups in total. The molecule has 2 aromatic carbocycles. The number of benzene rings is 2. The lowest BCUT2D eigenvalue weighted by Gasteiger charge is -2.20. The molecule has 2 aromatic rings. The van der Waals surface area contributed by atoms with Crippen LogP contribution in [0.5, 0.6) is 5.75 Å². The van der Waals surface area contributed by atoms with Crippen LogP contribution in [0.4, 0.5) is 20.6 Å². The highest BCUT2D eigenvalue weighted by molar-refractivity contribution is 6.06. The van der Waals surface area contributed by atoms with Crippen LogP contribution in [0, 0.1) is 5.82 Å². The first-order valence-electron chi connectivity index (χ1n) is 8.62. The summed E-state index contributed by atoms with van der Waals surface area (Å²) in [6.45, 7) is 9.09. The Kier molecular flexibility index (Phi) is 6.76. The average Bonchev–Trinajstić information content (AvgIpc) is 2.61. The van der Waals surface area contributed by atoms with Crippen LogP contribution in [0.2, 0.25) is 0 Å². The number of rotatable bonds is 6. The molecule has 0 radical (unpaired) electrons. The summed E-state index contributed by atoms with van der Waals surface area (Å²) in [5.41, 5.74) is -0.0145. The molecule has 0 heterocycles. The van der Waals surface area contributed by atoms with Gasteiger partial charge in [-0.25, -0.2) is 9.18 Å². The molecule has 148 valence electrons. The first kappa shape index (κ1) is 21.0. The molecule has 0 aliphatic heterocycles. The maximum atomic E-state index is 13.7. The molecule has 0 aliphatic carbocycles. The van der Waals surface area contributed by atoms with E-state index in [2.05, 4.69) is 17.2 Å². The molecule has 0 unspecified atom stereocenters. The largest absolute Gasteiger partial charge is 0.490 e. The number of ether oxygens (including phenoxy) is 2. The van der Waals surface area contributed by atoms with E-state index in [1.807, 2.05) is 0 Å². The quantitative estimate of drug-likeness (QED) is 0.686. The monoisotopic (exact) mass is 386 g/mol. The average molecular weight is 386 g/mol. The standard InChI is InChI=1S/C21H23FN2O4/c1-5-12-27-16-9-6-14(7-10-16)19(25)23-18-13-15(22)8-11-17(18)24-20(26)28-21(2,3)4/h5-11,13H,1,12H2,2-4H3,(H,23,25)(H,24,26). The van der Waals surface area contributed by atoms with Gasteiger partial charge in [0.1, 0.15) is 23.8 Å². The van der Waals surface area contributed by atoms with Crippen molar-refractivity contribution in [1.29, 1.82) is 0 Å². The molecule has 0 saturated heterocycles. The second kappa shape index (κ2) is 9.03. The van der Waals surface area contributed by atoms with Crippen molar-refractivity contribution in [2.45, 2.75) is 26.4 Å². The molecule has 6 nitrogen and oxygen atoms in total. The van der Waals surface area contributed by atoms with Gasteiger partial charge in [-0.15, -0.1) is 0 Å². The van der Waals surface area contributed by atoms with Gasteiger partial charge in [0.25, 0.3) is 5.91 Å². The van der Waals surface area contributed by atoms with Crippen molar-refractivity contribution in [3.05, 3.63) is 66.5 Å². The lowest BCUT2D eigenvalue weighted by Crippen LogP contribution is -2.27. The number of anilines is 2. The number of amides is 2. The van der Waals surface area contributed by atoms with Gasteiger partial charge in [0.05, 0.1) is 11.4 Å². The Bertz CT molecular complexity index is 858. The van der Waals surface area contributed by atoms with E-state index >= 15 is 0 Å². The number of hydrogen-bond donors (Lipinski definition) is 2. The number of halogens is 1. The fraction of sp³-hybridized carbons (Fsp3) is 0.238. The van der Waals surface area contributed by atoms with Gasteiger partial charge in [-0.05, 0) is 63.2 Å². The highest BCUT2D eigenvalue weighted by atomic mass is 19.1. The Morgan fingerprint density at radius 1 is 1.07 bits per heavy atom. The Labute approximate surface area is 163 Å². The van der Waals surface area contributed by atoms with E-state index in [9.17, 15) is 14.0 Å². The molecule has 2 rings (SSSR count). The first-order chi connectivity index (χ1) is 13.2. The zero-order valence-electron chi connectivity index (χ0n) is 16.0. The van der Waals surface area contributed by atoms with Gasteiger partial charge < -0.3 is 14.8 Å². The normalized spacial score (nSPS) is 10.7. The fourth-order valence-electron chi connectivity index (χ4n) is 2.19. The van der Waals surface area contributed by atoms with Crippen molar-refractivity contribution in [3.8, 4) is 5.75 Å². The van der Waals surface area contributed by atoms with Gasteiger partial charge in [0.15, 0.2) is 0 Å². The van der Waals surface area contributed by atoms with E-state index in [-0.39, 0.29) is 11.4 Å². The molecule has 0 bridgehead atoms. The Morgan fingerprint density at radius 2 is 1.75 bits per heavy atom. The second-order valence-electron chi connectivity index (χ2n) is 6.89.